The van der Waals surface area contributed by atoms with Crippen LogP contribution >= 0.6 is 0 Å². The molecule has 1 fully saturated rings. The number of nitrogens with zero attached hydrogens (tertiary/aromatic N) is 3. The van der Waals surface area contributed by atoms with Gasteiger partial charge >= 0.3 is 5.97 Å². The first-order chi connectivity index (χ1) is 19.7. The molecular weight excluding hydrogens is 524 g/mol. The van der Waals surface area contributed by atoms with Crippen molar-refractivity contribution in [2.24, 2.45) is 18.9 Å². The van der Waals surface area contributed by atoms with E-state index in [1.807, 2.05) is 58.2 Å². The van der Waals surface area contributed by atoms with E-state index in [1.165, 1.54) is 0 Å². The number of nitrogens with one attached hydrogen (secondary N) is 1. The lowest BCUT2D eigenvalue weighted by Gasteiger charge is -2.24. The first kappa shape index (κ1) is 30.7. The van der Waals surface area contributed by atoms with Crippen molar-refractivity contribution >= 4 is 17.0 Å². The van der Waals surface area contributed by atoms with Crippen LogP contribution < -0.4 is 15.6 Å². The van der Waals surface area contributed by atoms with Crippen molar-refractivity contribution in [3.05, 3.63) is 46.4 Å². The van der Waals surface area contributed by atoms with Crippen molar-refractivity contribution < 1.29 is 23.7 Å². The van der Waals surface area contributed by atoms with Crippen molar-refractivity contribution in [1.29, 1.82) is 0 Å². The number of hydrogen-bond acceptors (Lipinski definition) is 8. The van der Waals surface area contributed by atoms with Gasteiger partial charge in [0.25, 0.3) is 5.56 Å². The number of fused-ring (bicyclic) bond motifs is 1. The van der Waals surface area contributed by atoms with E-state index in [9.17, 15) is 9.59 Å². The van der Waals surface area contributed by atoms with Crippen LogP contribution in [0.15, 0.2) is 35.3 Å². The summed E-state index contributed by atoms with van der Waals surface area (Å²) in [6.07, 6.45) is 3.54. The van der Waals surface area contributed by atoms with Crippen LogP contribution in [0.4, 0.5) is 0 Å². The summed E-state index contributed by atoms with van der Waals surface area (Å²) < 4.78 is 26.2. The summed E-state index contributed by atoms with van der Waals surface area (Å²) in [6.45, 7) is 11.2. The van der Waals surface area contributed by atoms with Crippen molar-refractivity contribution in [2.45, 2.75) is 59.2 Å². The Hall–Kier alpha value is -3.21. The van der Waals surface area contributed by atoms with Gasteiger partial charge in [-0.3, -0.25) is 9.59 Å². The first-order valence-electron chi connectivity index (χ1n) is 14.5. The lowest BCUT2D eigenvalue weighted by molar-refractivity contribution is -0.154. The topological polar surface area (TPSA) is 106 Å². The minimum absolute atomic E-state index is 0.0115. The summed E-state index contributed by atoms with van der Waals surface area (Å²) >= 11 is 0. The molecule has 10 nitrogen and oxygen atoms in total. The molecule has 1 aromatic carbocycles. The summed E-state index contributed by atoms with van der Waals surface area (Å²) in [5.41, 5.74) is 3.44. The van der Waals surface area contributed by atoms with Gasteiger partial charge in [0.1, 0.15) is 30.3 Å². The number of methoxy groups -OCH3 is 1. The standard InChI is InChI=1S/C31H44N4O6/c1-20(2)28(31(37)41-22(4)19-38-6)32-11-14-40-25-7-8-26-27(16-25)35(17-23-9-12-39-13-10-23)29(33-26)24-15-21(3)30(36)34(5)18-24/h7-8,15-16,18,20,22-23,28,32H,9-14,17,19H2,1-6H3. The van der Waals surface area contributed by atoms with Crippen molar-refractivity contribution in [2.75, 3.05) is 40.1 Å². The van der Waals surface area contributed by atoms with Crippen LogP contribution in [-0.4, -0.2) is 72.3 Å². The zero-order valence-electron chi connectivity index (χ0n) is 25.1. The van der Waals surface area contributed by atoms with E-state index in [1.54, 1.807) is 18.7 Å². The van der Waals surface area contributed by atoms with Crippen molar-refractivity contribution in [1.82, 2.24) is 19.4 Å². The number of ether oxygens (including phenoxy) is 4. The highest BCUT2D eigenvalue weighted by molar-refractivity contribution is 5.82. The minimum Gasteiger partial charge on any atom is -0.492 e. The third-order valence-corrected chi connectivity index (χ3v) is 7.50. The van der Waals surface area contributed by atoms with E-state index in [2.05, 4.69) is 9.88 Å². The van der Waals surface area contributed by atoms with Crippen LogP contribution in [0.1, 0.15) is 39.2 Å². The molecule has 0 aliphatic carbocycles. The monoisotopic (exact) mass is 568 g/mol. The molecule has 0 amide bonds. The van der Waals surface area contributed by atoms with Gasteiger partial charge in [-0.25, -0.2) is 4.98 Å². The summed E-state index contributed by atoms with van der Waals surface area (Å²) in [5.74, 6) is 1.82. The molecule has 1 N–H and O–H groups in total. The minimum atomic E-state index is -0.436. The number of rotatable bonds is 13. The molecule has 0 saturated carbocycles. The van der Waals surface area contributed by atoms with Crippen molar-refractivity contribution in [3.8, 4) is 17.1 Å². The molecule has 41 heavy (non-hydrogen) atoms. The Balaban J connectivity index is 1.51. The Labute approximate surface area is 241 Å². The molecule has 3 heterocycles. The Morgan fingerprint density at radius 2 is 1.95 bits per heavy atom. The second-order valence-electron chi connectivity index (χ2n) is 11.3. The number of esters is 1. The summed E-state index contributed by atoms with van der Waals surface area (Å²) in [4.78, 5) is 30.0. The fourth-order valence-electron chi connectivity index (χ4n) is 5.30. The Kier molecular flexibility index (Phi) is 10.6. The number of pyridine rings is 1. The molecule has 2 aromatic heterocycles. The SMILES string of the molecule is COCC(C)OC(=O)C(NCCOc1ccc2nc(-c3cc(C)c(=O)n(C)c3)n(CC3CCOCC3)c2c1)C(C)C. The first-order valence-corrected chi connectivity index (χ1v) is 14.5. The maximum Gasteiger partial charge on any atom is 0.323 e. The van der Waals surface area contributed by atoms with Gasteiger partial charge in [-0.15, -0.1) is 0 Å². The predicted molar refractivity (Wildman–Crippen MR) is 158 cm³/mol. The molecule has 3 aromatic rings. The highest BCUT2D eigenvalue weighted by Gasteiger charge is 2.25. The molecule has 0 spiro atoms. The van der Waals surface area contributed by atoms with Crippen LogP contribution in [0.2, 0.25) is 0 Å². The molecule has 1 saturated heterocycles. The fraction of sp³-hybridized carbons (Fsp3) is 0.581. The van der Waals surface area contributed by atoms with Gasteiger partial charge in [-0.2, -0.15) is 0 Å². The van der Waals surface area contributed by atoms with Gasteiger partial charge in [-0.1, -0.05) is 13.8 Å². The van der Waals surface area contributed by atoms with Gasteiger partial charge in [0.2, 0.25) is 0 Å². The van der Waals surface area contributed by atoms with E-state index in [0.29, 0.717) is 31.2 Å². The van der Waals surface area contributed by atoms with Crippen LogP contribution in [-0.2, 0) is 32.6 Å². The smallest absolute Gasteiger partial charge is 0.323 e. The molecule has 10 heteroatoms. The third kappa shape index (κ3) is 7.75. The number of hydrogen-bond donors (Lipinski definition) is 1. The quantitative estimate of drug-likeness (QED) is 0.246. The van der Waals surface area contributed by atoms with Gasteiger partial charge in [0.05, 0.1) is 17.6 Å². The number of carbonyl (C=O) groups excluding carboxylic acids is 1. The number of imidazole rings is 1. The lowest BCUT2D eigenvalue weighted by atomic mass is 10.00. The lowest BCUT2D eigenvalue weighted by Crippen LogP contribution is -2.45. The number of aromatic nitrogens is 3. The molecule has 2 unspecified atom stereocenters. The van der Waals surface area contributed by atoms with E-state index in [-0.39, 0.29) is 23.6 Å². The normalized spacial score (nSPS) is 15.8. The molecule has 1 aliphatic rings. The van der Waals surface area contributed by atoms with Gasteiger partial charge in [0, 0.05) is 63.9 Å². The largest absolute Gasteiger partial charge is 0.492 e. The molecule has 4 rings (SSSR count). The summed E-state index contributed by atoms with van der Waals surface area (Å²) in [7, 11) is 3.36. The third-order valence-electron chi connectivity index (χ3n) is 7.50. The van der Waals surface area contributed by atoms with E-state index in [4.69, 9.17) is 23.9 Å². The van der Waals surface area contributed by atoms with E-state index >= 15 is 0 Å². The van der Waals surface area contributed by atoms with Crippen LogP contribution in [0.3, 0.4) is 0 Å². The maximum absolute atomic E-state index is 12.6. The van der Waals surface area contributed by atoms with Crippen LogP contribution in [0.25, 0.3) is 22.4 Å². The Bertz CT molecular complexity index is 1350. The van der Waals surface area contributed by atoms with Gasteiger partial charge in [-0.05, 0) is 56.7 Å². The van der Waals surface area contributed by atoms with E-state index in [0.717, 1.165) is 60.8 Å². The predicted octanol–water partition coefficient (Wildman–Crippen LogP) is 3.71. The number of benzene rings is 1. The van der Waals surface area contributed by atoms with E-state index < -0.39 is 6.04 Å². The molecule has 0 radical (unpaired) electrons. The fourth-order valence-corrected chi connectivity index (χ4v) is 5.30. The van der Waals surface area contributed by atoms with Crippen LogP contribution in [0.5, 0.6) is 5.75 Å². The summed E-state index contributed by atoms with van der Waals surface area (Å²) in [6, 6.07) is 7.40. The van der Waals surface area contributed by atoms with Crippen LogP contribution in [0, 0.1) is 18.8 Å². The number of aryl methyl sites for hydroxylation is 2. The maximum atomic E-state index is 12.6. The van der Waals surface area contributed by atoms with Crippen molar-refractivity contribution in [3.63, 3.8) is 0 Å². The van der Waals surface area contributed by atoms with Gasteiger partial charge < -0.3 is 33.4 Å². The Morgan fingerprint density at radius 1 is 1.20 bits per heavy atom. The molecule has 224 valence electrons. The molecule has 0 bridgehead atoms. The highest BCUT2D eigenvalue weighted by atomic mass is 16.6. The molecular formula is C31H44N4O6. The summed E-state index contributed by atoms with van der Waals surface area (Å²) in [5, 5.41) is 3.28. The zero-order valence-corrected chi connectivity index (χ0v) is 25.1. The average molecular weight is 569 g/mol. The highest BCUT2D eigenvalue weighted by Crippen LogP contribution is 2.30. The average Bonchev–Trinajstić information content (AvgIpc) is 3.29. The second kappa shape index (κ2) is 14.1. The van der Waals surface area contributed by atoms with Gasteiger partial charge in [0.15, 0.2) is 0 Å². The second-order valence-corrected chi connectivity index (χ2v) is 11.3. The Morgan fingerprint density at radius 3 is 2.63 bits per heavy atom. The molecule has 1 aliphatic heterocycles. The zero-order chi connectivity index (χ0) is 29.5. The number of carbonyl (C=O) groups is 1. The molecule has 2 atom stereocenters.